The van der Waals surface area contributed by atoms with Gasteiger partial charge in [0.2, 0.25) is 11.2 Å². The summed E-state index contributed by atoms with van der Waals surface area (Å²) in [5.41, 5.74) is 4.15. The van der Waals surface area contributed by atoms with Gasteiger partial charge in [-0.3, -0.25) is 4.79 Å². The van der Waals surface area contributed by atoms with Gasteiger partial charge in [0.25, 0.3) is 0 Å². The van der Waals surface area contributed by atoms with Crippen molar-refractivity contribution in [3.8, 4) is 23.1 Å². The average molecular weight is 416 g/mol. The molecule has 0 atom stereocenters. The number of fused-ring (bicyclic) bond motifs is 1. The maximum absolute atomic E-state index is 13.4. The van der Waals surface area contributed by atoms with Crippen molar-refractivity contribution in [1.29, 1.82) is 5.26 Å². The molecule has 30 heavy (non-hydrogen) atoms. The molecule has 0 amide bonds. The quantitative estimate of drug-likeness (QED) is 0.399. The molecule has 0 aliphatic rings. The molecule has 1 heterocycles. The molecule has 1 aromatic heterocycles. The SMILES string of the molecule is Cc1cc2oc(-c3ccc(Cl)cc3)c(OCc3ccccc3C#N)c(=O)c2cc1C. The molecule has 0 unspecified atom stereocenters. The van der Waals surface area contributed by atoms with E-state index in [4.69, 9.17) is 20.8 Å². The summed E-state index contributed by atoms with van der Waals surface area (Å²) in [6.07, 6.45) is 0. The van der Waals surface area contributed by atoms with Gasteiger partial charge in [0, 0.05) is 16.1 Å². The van der Waals surface area contributed by atoms with Crippen LogP contribution in [0.1, 0.15) is 22.3 Å². The molecule has 0 radical (unpaired) electrons. The second-order valence-corrected chi connectivity index (χ2v) is 7.52. The predicted octanol–water partition coefficient (Wildman–Crippen LogP) is 6.18. The zero-order chi connectivity index (χ0) is 21.3. The highest BCUT2D eigenvalue weighted by atomic mass is 35.5. The van der Waals surface area contributed by atoms with E-state index in [0.717, 1.165) is 11.1 Å². The van der Waals surface area contributed by atoms with Crippen molar-refractivity contribution >= 4 is 22.6 Å². The number of rotatable bonds is 4. The molecule has 4 aromatic rings. The number of nitrogens with zero attached hydrogens (tertiary/aromatic N) is 1. The summed E-state index contributed by atoms with van der Waals surface area (Å²) < 4.78 is 12.1. The van der Waals surface area contributed by atoms with Crippen molar-refractivity contribution in [1.82, 2.24) is 0 Å². The Labute approximate surface area is 178 Å². The molecule has 0 saturated carbocycles. The zero-order valence-corrected chi connectivity index (χ0v) is 17.3. The first-order chi connectivity index (χ1) is 14.5. The van der Waals surface area contributed by atoms with Crippen molar-refractivity contribution in [2.45, 2.75) is 20.5 Å². The van der Waals surface area contributed by atoms with E-state index in [2.05, 4.69) is 6.07 Å². The molecule has 0 spiro atoms. The van der Waals surface area contributed by atoms with Crippen LogP contribution in [0.2, 0.25) is 5.02 Å². The molecule has 4 rings (SSSR count). The fourth-order valence-electron chi connectivity index (χ4n) is 3.26. The third kappa shape index (κ3) is 3.68. The van der Waals surface area contributed by atoms with Gasteiger partial charge in [0.05, 0.1) is 17.0 Å². The molecule has 0 aliphatic carbocycles. The van der Waals surface area contributed by atoms with Crippen LogP contribution in [-0.4, -0.2) is 0 Å². The van der Waals surface area contributed by atoms with Crippen LogP contribution in [0.25, 0.3) is 22.3 Å². The molecule has 0 N–H and O–H groups in total. The minimum atomic E-state index is -0.251. The van der Waals surface area contributed by atoms with Crippen LogP contribution in [0.5, 0.6) is 5.75 Å². The van der Waals surface area contributed by atoms with E-state index < -0.39 is 0 Å². The Morgan fingerprint density at radius 1 is 1.03 bits per heavy atom. The number of aryl methyl sites for hydroxylation is 2. The number of benzene rings is 3. The molecule has 0 aliphatic heterocycles. The van der Waals surface area contributed by atoms with E-state index in [1.165, 1.54) is 0 Å². The first kappa shape index (κ1) is 19.8. The molecular formula is C25H18ClNO3. The van der Waals surface area contributed by atoms with Gasteiger partial charge in [0.15, 0.2) is 5.76 Å². The first-order valence-electron chi connectivity index (χ1n) is 9.42. The van der Waals surface area contributed by atoms with Crippen LogP contribution in [-0.2, 0) is 6.61 Å². The zero-order valence-electron chi connectivity index (χ0n) is 16.5. The van der Waals surface area contributed by atoms with Crippen molar-refractivity contribution in [2.24, 2.45) is 0 Å². The molecule has 0 fully saturated rings. The van der Waals surface area contributed by atoms with E-state index in [-0.39, 0.29) is 17.8 Å². The van der Waals surface area contributed by atoms with Crippen LogP contribution in [0.4, 0.5) is 0 Å². The fraction of sp³-hybridized carbons (Fsp3) is 0.120. The van der Waals surface area contributed by atoms with Gasteiger partial charge in [-0.1, -0.05) is 29.8 Å². The fourth-order valence-corrected chi connectivity index (χ4v) is 3.39. The number of ether oxygens (including phenoxy) is 1. The number of hydrogen-bond donors (Lipinski definition) is 0. The molecule has 5 heteroatoms. The summed E-state index contributed by atoms with van der Waals surface area (Å²) in [7, 11) is 0. The number of nitriles is 1. The Kier molecular flexibility index (Phi) is 5.31. The van der Waals surface area contributed by atoms with E-state index in [1.54, 1.807) is 42.5 Å². The molecule has 4 nitrogen and oxygen atoms in total. The van der Waals surface area contributed by atoms with Crippen molar-refractivity contribution in [2.75, 3.05) is 0 Å². The van der Waals surface area contributed by atoms with Crippen LogP contribution in [0.15, 0.2) is 69.9 Å². The average Bonchev–Trinajstić information content (AvgIpc) is 2.75. The van der Waals surface area contributed by atoms with Crippen molar-refractivity contribution in [3.05, 3.63) is 98.2 Å². The topological polar surface area (TPSA) is 63.2 Å². The highest BCUT2D eigenvalue weighted by Crippen LogP contribution is 2.33. The minimum absolute atomic E-state index is 0.0748. The highest BCUT2D eigenvalue weighted by Gasteiger charge is 2.19. The third-order valence-corrected chi connectivity index (χ3v) is 5.33. The Morgan fingerprint density at radius 2 is 1.73 bits per heavy atom. The summed E-state index contributed by atoms with van der Waals surface area (Å²) >= 11 is 6.02. The molecule has 0 bridgehead atoms. The Morgan fingerprint density at radius 3 is 2.47 bits per heavy atom. The van der Waals surface area contributed by atoms with Gasteiger partial charge in [-0.05, 0) is 67.4 Å². The van der Waals surface area contributed by atoms with Crippen LogP contribution >= 0.6 is 11.6 Å². The maximum Gasteiger partial charge on any atom is 0.235 e. The van der Waals surface area contributed by atoms with Crippen LogP contribution in [0, 0.1) is 25.2 Å². The lowest BCUT2D eigenvalue weighted by Gasteiger charge is -2.13. The summed E-state index contributed by atoms with van der Waals surface area (Å²) in [6.45, 7) is 4.00. The smallest absolute Gasteiger partial charge is 0.235 e. The normalized spacial score (nSPS) is 10.7. The Balaban J connectivity index is 1.89. The van der Waals surface area contributed by atoms with Gasteiger partial charge < -0.3 is 9.15 Å². The largest absolute Gasteiger partial charge is 0.481 e. The number of halogens is 1. The second-order valence-electron chi connectivity index (χ2n) is 7.09. The minimum Gasteiger partial charge on any atom is -0.481 e. The van der Waals surface area contributed by atoms with Gasteiger partial charge in [0.1, 0.15) is 12.2 Å². The standard InChI is InChI=1S/C25H18ClNO3/c1-15-11-21-22(12-16(15)2)30-24(17-7-9-20(26)10-8-17)25(23(21)28)29-14-19-6-4-3-5-18(19)13-27/h3-12H,14H2,1-2H3. The maximum atomic E-state index is 13.4. The highest BCUT2D eigenvalue weighted by molar-refractivity contribution is 6.30. The second kappa shape index (κ2) is 8.06. The molecular weight excluding hydrogens is 398 g/mol. The summed E-state index contributed by atoms with van der Waals surface area (Å²) in [4.78, 5) is 13.4. The molecule has 3 aromatic carbocycles. The lowest BCUT2D eigenvalue weighted by Crippen LogP contribution is -2.11. The van der Waals surface area contributed by atoms with E-state index in [0.29, 0.717) is 38.4 Å². The van der Waals surface area contributed by atoms with Crippen LogP contribution < -0.4 is 10.2 Å². The van der Waals surface area contributed by atoms with Gasteiger partial charge in [-0.2, -0.15) is 5.26 Å². The summed E-state index contributed by atoms with van der Waals surface area (Å²) in [6, 6.07) is 20.0. The third-order valence-electron chi connectivity index (χ3n) is 5.08. The molecule has 0 saturated heterocycles. The summed E-state index contributed by atoms with van der Waals surface area (Å²) in [5, 5.41) is 10.4. The number of hydrogen-bond acceptors (Lipinski definition) is 4. The van der Waals surface area contributed by atoms with E-state index in [1.807, 2.05) is 32.0 Å². The summed E-state index contributed by atoms with van der Waals surface area (Å²) in [5.74, 6) is 0.447. The lowest BCUT2D eigenvalue weighted by atomic mass is 10.0. The predicted molar refractivity (Wildman–Crippen MR) is 118 cm³/mol. The Bertz CT molecular complexity index is 1350. The van der Waals surface area contributed by atoms with Crippen molar-refractivity contribution in [3.63, 3.8) is 0 Å². The first-order valence-corrected chi connectivity index (χ1v) is 9.80. The molecule has 148 valence electrons. The van der Waals surface area contributed by atoms with Gasteiger partial charge in [-0.15, -0.1) is 0 Å². The Hall–Kier alpha value is -3.55. The van der Waals surface area contributed by atoms with E-state index in [9.17, 15) is 10.1 Å². The van der Waals surface area contributed by atoms with Gasteiger partial charge >= 0.3 is 0 Å². The van der Waals surface area contributed by atoms with Crippen LogP contribution in [0.3, 0.4) is 0 Å². The monoisotopic (exact) mass is 415 g/mol. The van der Waals surface area contributed by atoms with E-state index >= 15 is 0 Å². The van der Waals surface area contributed by atoms with Crippen molar-refractivity contribution < 1.29 is 9.15 Å². The lowest BCUT2D eigenvalue weighted by molar-refractivity contribution is 0.297. The van der Waals surface area contributed by atoms with Gasteiger partial charge in [-0.25, -0.2) is 0 Å².